The maximum Gasteiger partial charge on any atom is 0.161 e. The van der Waals surface area contributed by atoms with E-state index in [9.17, 15) is 4.79 Å². The fraction of sp³-hybridized carbons (Fsp3) is 0.125. The van der Waals surface area contributed by atoms with Crippen LogP contribution in [-0.2, 0) is 0 Å². The van der Waals surface area contributed by atoms with Gasteiger partial charge in [-0.05, 0) is 18.2 Å². The third-order valence-corrected chi connectivity index (χ3v) is 1.30. The quantitative estimate of drug-likeness (QED) is 0.649. The fourth-order valence-corrected chi connectivity index (χ4v) is 0.741. The minimum absolute atomic E-state index is 0.0394. The number of aldehydes is 1. The lowest BCUT2D eigenvalue weighted by molar-refractivity contribution is 0.112. The van der Waals surface area contributed by atoms with Crippen LogP contribution in [0.25, 0.3) is 0 Å². The zero-order valence-corrected chi connectivity index (χ0v) is 6.00. The van der Waals surface area contributed by atoms with E-state index in [1.165, 1.54) is 25.3 Å². The first-order valence-corrected chi connectivity index (χ1v) is 3.03. The molecule has 0 atom stereocenters. The highest BCUT2D eigenvalue weighted by atomic mass is 16.5. The number of rotatable bonds is 2. The highest BCUT2D eigenvalue weighted by molar-refractivity contribution is 5.76. The number of hydrogen-bond donors (Lipinski definition) is 1. The number of aromatic hydroxyl groups is 1. The van der Waals surface area contributed by atoms with Gasteiger partial charge in [0.15, 0.2) is 11.5 Å². The van der Waals surface area contributed by atoms with Crippen LogP contribution in [-0.4, -0.2) is 18.5 Å². The lowest BCUT2D eigenvalue weighted by Gasteiger charge is -2.01. The molecule has 0 aliphatic heterocycles. The normalized spacial score (nSPS) is 10.5. The van der Waals surface area contributed by atoms with Crippen LogP contribution in [0.2, 0.25) is 0 Å². The number of methoxy groups -OCH3 is 1. The molecule has 0 amide bonds. The molecule has 0 aliphatic carbocycles. The van der Waals surface area contributed by atoms with Gasteiger partial charge in [0.25, 0.3) is 0 Å². The van der Waals surface area contributed by atoms with Crippen molar-refractivity contribution in [1.29, 1.82) is 0 Å². The number of phenols is 1. The van der Waals surface area contributed by atoms with E-state index >= 15 is 0 Å². The van der Waals surface area contributed by atoms with Gasteiger partial charge in [0.2, 0.25) is 0 Å². The van der Waals surface area contributed by atoms with Crippen LogP contribution >= 0.6 is 0 Å². The smallest absolute Gasteiger partial charge is 0.161 e. The van der Waals surface area contributed by atoms with E-state index < -0.39 is 6.26 Å². The first-order chi connectivity index (χ1) is 5.65. The Bertz CT molecular complexity index is 309. The molecule has 1 aromatic carbocycles. The molecule has 1 N–H and O–H groups in total. The number of carbonyl (C=O) groups excluding carboxylic acids is 1. The standard InChI is InChI=1S/C8H8O3/c1-11-8-4-6(5-9)2-3-7(8)10/h2-5,10H,1H3/i5D. The van der Waals surface area contributed by atoms with E-state index in [0.717, 1.165) is 0 Å². The molecule has 0 heterocycles. The molecule has 0 saturated heterocycles. The van der Waals surface area contributed by atoms with Crippen molar-refractivity contribution in [2.75, 3.05) is 7.11 Å². The summed E-state index contributed by atoms with van der Waals surface area (Å²) in [6.07, 6.45) is -0.798. The van der Waals surface area contributed by atoms with Crippen molar-refractivity contribution in [2.45, 2.75) is 0 Å². The van der Waals surface area contributed by atoms with Crippen LogP contribution in [0.3, 0.4) is 0 Å². The minimum atomic E-state index is -0.798. The van der Waals surface area contributed by atoms with Crippen molar-refractivity contribution in [1.82, 2.24) is 0 Å². The summed E-state index contributed by atoms with van der Waals surface area (Å²) in [5, 5.41) is 9.12. The summed E-state index contributed by atoms with van der Waals surface area (Å²) in [7, 11) is 1.38. The van der Waals surface area contributed by atoms with Gasteiger partial charge in [-0.15, -0.1) is 0 Å². The van der Waals surface area contributed by atoms with Gasteiger partial charge in [-0.2, -0.15) is 0 Å². The number of carbonyl (C=O) groups is 1. The molecule has 0 spiro atoms. The van der Waals surface area contributed by atoms with Gasteiger partial charge in [0.1, 0.15) is 7.63 Å². The third-order valence-electron chi connectivity index (χ3n) is 1.30. The predicted molar refractivity (Wildman–Crippen MR) is 40.0 cm³/mol. The topological polar surface area (TPSA) is 46.5 Å². The van der Waals surface area contributed by atoms with Crippen LogP contribution in [0, 0.1) is 0 Å². The van der Waals surface area contributed by atoms with Gasteiger partial charge in [0.05, 0.1) is 7.11 Å². The van der Waals surface area contributed by atoms with Crippen molar-refractivity contribution in [3.8, 4) is 11.5 Å². The summed E-state index contributed by atoms with van der Waals surface area (Å²) < 4.78 is 11.5. The zero-order chi connectivity index (χ0) is 9.14. The molecule has 0 radical (unpaired) electrons. The Morgan fingerprint density at radius 3 is 3.00 bits per heavy atom. The Balaban J connectivity index is 3.13. The summed E-state index contributed by atoms with van der Waals surface area (Å²) in [5.74, 6) is 0.163. The fourth-order valence-electron chi connectivity index (χ4n) is 0.741. The van der Waals surface area contributed by atoms with E-state index in [2.05, 4.69) is 0 Å². The van der Waals surface area contributed by atoms with Gasteiger partial charge in [-0.3, -0.25) is 4.79 Å². The summed E-state index contributed by atoms with van der Waals surface area (Å²) in [5.41, 5.74) is 0.199. The van der Waals surface area contributed by atoms with Gasteiger partial charge in [0, 0.05) is 5.56 Å². The van der Waals surface area contributed by atoms with Crippen LogP contribution in [0.5, 0.6) is 11.5 Å². The van der Waals surface area contributed by atoms with Gasteiger partial charge >= 0.3 is 0 Å². The van der Waals surface area contributed by atoms with Crippen LogP contribution in [0.1, 0.15) is 11.7 Å². The van der Waals surface area contributed by atoms with E-state index in [4.69, 9.17) is 11.2 Å². The van der Waals surface area contributed by atoms with Crippen molar-refractivity contribution in [2.24, 2.45) is 0 Å². The molecule has 3 nitrogen and oxygen atoms in total. The molecule has 11 heavy (non-hydrogen) atoms. The molecule has 0 bridgehead atoms. The average Bonchev–Trinajstić information content (AvgIpc) is 2.05. The zero-order valence-electron chi connectivity index (χ0n) is 7.00. The van der Waals surface area contributed by atoms with Crippen LogP contribution in [0.4, 0.5) is 0 Å². The average molecular weight is 153 g/mol. The van der Waals surface area contributed by atoms with E-state index in [1.54, 1.807) is 0 Å². The molecule has 3 heteroatoms. The molecule has 0 saturated carbocycles. The van der Waals surface area contributed by atoms with Gasteiger partial charge in [-0.25, -0.2) is 0 Å². The van der Waals surface area contributed by atoms with Gasteiger partial charge < -0.3 is 9.84 Å². The Labute approximate surface area is 65.6 Å². The summed E-state index contributed by atoms with van der Waals surface area (Å²) in [6.45, 7) is 0. The molecule has 1 aromatic rings. The van der Waals surface area contributed by atoms with Crippen molar-refractivity contribution >= 4 is 6.26 Å². The molecule has 0 fully saturated rings. The lowest BCUT2D eigenvalue weighted by Crippen LogP contribution is -1.85. The summed E-state index contributed by atoms with van der Waals surface area (Å²) >= 11 is 0. The van der Waals surface area contributed by atoms with E-state index in [-0.39, 0.29) is 17.1 Å². The highest BCUT2D eigenvalue weighted by Crippen LogP contribution is 2.25. The minimum Gasteiger partial charge on any atom is -0.504 e. The Kier molecular flexibility index (Phi) is 1.73. The van der Waals surface area contributed by atoms with Crippen molar-refractivity contribution < 1.29 is 16.0 Å². The molecule has 0 aliphatic rings. The second-order valence-electron chi connectivity index (χ2n) is 1.99. The van der Waals surface area contributed by atoms with Crippen LogP contribution in [0.15, 0.2) is 18.2 Å². The van der Waals surface area contributed by atoms with Crippen molar-refractivity contribution in [3.05, 3.63) is 23.8 Å². The number of phenolic OH excluding ortho intramolecular Hbond substituents is 1. The number of hydrogen-bond acceptors (Lipinski definition) is 3. The number of ether oxygens (including phenoxy) is 1. The Morgan fingerprint density at radius 2 is 2.45 bits per heavy atom. The SMILES string of the molecule is [2H]C(=O)c1ccc(O)c(OC)c1. The second kappa shape index (κ2) is 3.05. The number of benzene rings is 1. The van der Waals surface area contributed by atoms with E-state index in [1.807, 2.05) is 0 Å². The van der Waals surface area contributed by atoms with E-state index in [0.29, 0.717) is 0 Å². The molecule has 0 aromatic heterocycles. The third kappa shape index (κ3) is 1.49. The summed E-state index contributed by atoms with van der Waals surface area (Å²) in [4.78, 5) is 10.6. The molecular weight excluding hydrogens is 144 g/mol. The van der Waals surface area contributed by atoms with Gasteiger partial charge in [-0.1, -0.05) is 0 Å². The highest BCUT2D eigenvalue weighted by Gasteiger charge is 2.00. The predicted octanol–water partition coefficient (Wildman–Crippen LogP) is 1.21. The molecule has 1 rings (SSSR count). The first-order valence-electron chi connectivity index (χ1n) is 3.53. The maximum absolute atomic E-state index is 10.6. The van der Waals surface area contributed by atoms with Crippen molar-refractivity contribution in [3.63, 3.8) is 0 Å². The lowest BCUT2D eigenvalue weighted by atomic mass is 10.2. The Morgan fingerprint density at radius 1 is 1.73 bits per heavy atom. The molecular formula is C8H8O3. The molecule has 0 unspecified atom stereocenters. The Hall–Kier alpha value is -1.51. The second-order valence-corrected chi connectivity index (χ2v) is 1.99. The monoisotopic (exact) mass is 153 g/mol. The van der Waals surface area contributed by atoms with Crippen LogP contribution < -0.4 is 4.74 Å². The maximum atomic E-state index is 10.6. The summed E-state index contributed by atoms with van der Waals surface area (Å²) in [6, 6.07) is 4.01. The molecule has 58 valence electrons. The first kappa shape index (κ1) is 6.22. The largest absolute Gasteiger partial charge is 0.504 e.